The van der Waals surface area contributed by atoms with E-state index in [4.69, 9.17) is 4.74 Å². The lowest BCUT2D eigenvalue weighted by Crippen LogP contribution is -2.57. The van der Waals surface area contributed by atoms with Crippen molar-refractivity contribution < 1.29 is 22.7 Å². The van der Waals surface area contributed by atoms with E-state index in [0.29, 0.717) is 28.5 Å². The largest absolute Gasteiger partial charge is 0.406 e. The molecule has 0 aliphatic carbocycles. The molecule has 7 nitrogen and oxygen atoms in total. The molecule has 1 amide bonds. The number of fused-ring (bicyclic) bond motifs is 1. The van der Waals surface area contributed by atoms with Gasteiger partial charge in [-0.2, -0.15) is 13.2 Å². The Balaban J connectivity index is 1.22. The molecule has 0 bridgehead atoms. The van der Waals surface area contributed by atoms with Crippen molar-refractivity contribution in [3.63, 3.8) is 0 Å². The van der Waals surface area contributed by atoms with E-state index in [1.54, 1.807) is 30.5 Å². The van der Waals surface area contributed by atoms with Gasteiger partial charge in [0.25, 0.3) is 5.91 Å². The molecule has 0 saturated carbocycles. The predicted octanol–water partition coefficient (Wildman–Crippen LogP) is 4.47. The smallest absolute Gasteiger partial charge is 0.381 e. The quantitative estimate of drug-likeness (QED) is 0.403. The minimum Gasteiger partial charge on any atom is -0.381 e. The van der Waals surface area contributed by atoms with Crippen molar-refractivity contribution in [3.8, 4) is 11.8 Å². The highest BCUT2D eigenvalue weighted by atomic mass is 19.4. The van der Waals surface area contributed by atoms with Gasteiger partial charge in [0.15, 0.2) is 0 Å². The zero-order valence-electron chi connectivity index (χ0n) is 22.6. The first-order chi connectivity index (χ1) is 19.2. The lowest BCUT2D eigenvalue weighted by molar-refractivity contribution is -0.140. The van der Waals surface area contributed by atoms with Crippen LogP contribution in [0.25, 0.3) is 10.9 Å². The average Bonchev–Trinajstić information content (AvgIpc) is 3.24. The molecule has 0 spiro atoms. The topological polar surface area (TPSA) is 71.4 Å². The number of ether oxygens (including phenoxy) is 1. The number of amides is 1. The number of nitrogens with zero attached hydrogens (tertiary/aromatic N) is 3. The summed E-state index contributed by atoms with van der Waals surface area (Å²) >= 11 is 0. The van der Waals surface area contributed by atoms with E-state index in [-0.39, 0.29) is 18.5 Å². The van der Waals surface area contributed by atoms with Gasteiger partial charge in [-0.15, -0.1) is 0 Å². The van der Waals surface area contributed by atoms with Crippen LogP contribution in [0, 0.1) is 17.8 Å². The molecule has 1 aromatic carbocycles. The summed E-state index contributed by atoms with van der Waals surface area (Å²) in [4.78, 5) is 18.6. The van der Waals surface area contributed by atoms with Crippen LogP contribution in [-0.2, 0) is 17.7 Å². The van der Waals surface area contributed by atoms with Crippen molar-refractivity contribution in [1.29, 1.82) is 0 Å². The van der Waals surface area contributed by atoms with Gasteiger partial charge in [-0.1, -0.05) is 12.0 Å². The summed E-state index contributed by atoms with van der Waals surface area (Å²) < 4.78 is 46.9. The number of benzene rings is 1. The minimum absolute atomic E-state index is 0.143. The molecular formula is C30H34F3N5O2. The van der Waals surface area contributed by atoms with Crippen LogP contribution in [0.1, 0.15) is 41.0 Å². The van der Waals surface area contributed by atoms with Crippen molar-refractivity contribution in [2.24, 2.45) is 5.92 Å². The molecule has 2 saturated heterocycles. The third-order valence-corrected chi connectivity index (χ3v) is 7.48. The number of likely N-dealkylation sites (tertiary alicyclic amines) is 1. The van der Waals surface area contributed by atoms with Crippen LogP contribution < -0.4 is 10.6 Å². The standard InChI is InChI=1S/C30H34F3N5O2/c1-37-18-25(19-37)36-29(39)27-8-7-24(17-35-27)34-12-2-3-26-16-23-15-22(5-4-21-10-13-40-14-11-21)6-9-28(23)38(26)20-30(31,32)33/h6-9,15-17,21,25,34H,4-5,10-14,18-20H2,1H3,(H,36,39). The van der Waals surface area contributed by atoms with Crippen molar-refractivity contribution in [3.05, 3.63) is 59.5 Å². The molecular weight excluding hydrogens is 519 g/mol. The van der Waals surface area contributed by atoms with E-state index in [1.807, 2.05) is 19.2 Å². The molecule has 2 N–H and O–H groups in total. The summed E-state index contributed by atoms with van der Waals surface area (Å²) in [7, 11) is 1.99. The lowest BCUT2D eigenvalue weighted by Gasteiger charge is -2.36. The summed E-state index contributed by atoms with van der Waals surface area (Å²) in [5.41, 5.74) is 2.96. The van der Waals surface area contributed by atoms with Crippen LogP contribution in [0.15, 0.2) is 42.6 Å². The normalized spacial score (nSPS) is 16.8. The van der Waals surface area contributed by atoms with Crippen molar-refractivity contribution in [2.45, 2.75) is 44.4 Å². The second-order valence-corrected chi connectivity index (χ2v) is 10.7. The fourth-order valence-electron chi connectivity index (χ4n) is 5.30. The van der Waals surface area contributed by atoms with Gasteiger partial charge in [0.05, 0.1) is 30.2 Å². The van der Waals surface area contributed by atoms with E-state index in [1.165, 1.54) is 4.57 Å². The van der Waals surface area contributed by atoms with Crippen LogP contribution in [0.2, 0.25) is 0 Å². The molecule has 0 atom stereocenters. The molecule has 2 aliphatic heterocycles. The van der Waals surface area contributed by atoms with Crippen molar-refractivity contribution >= 4 is 22.5 Å². The number of likely N-dealkylation sites (N-methyl/N-ethyl adjacent to an activating group) is 1. The maximum Gasteiger partial charge on any atom is 0.406 e. The second kappa shape index (κ2) is 12.3. The zero-order chi connectivity index (χ0) is 28.1. The van der Waals surface area contributed by atoms with Gasteiger partial charge in [-0.3, -0.25) is 4.79 Å². The van der Waals surface area contributed by atoms with Gasteiger partial charge < -0.3 is 24.8 Å². The fraction of sp³-hybridized carbons (Fsp3) is 0.467. The van der Waals surface area contributed by atoms with E-state index < -0.39 is 12.7 Å². The highest BCUT2D eigenvalue weighted by Gasteiger charge is 2.30. The van der Waals surface area contributed by atoms with Crippen LogP contribution in [0.3, 0.4) is 0 Å². The number of hydrogen-bond donors (Lipinski definition) is 2. The third kappa shape index (κ3) is 7.34. The molecule has 3 aromatic rings. The number of hydrogen-bond acceptors (Lipinski definition) is 5. The molecule has 0 unspecified atom stereocenters. The number of carbonyl (C=O) groups excluding carboxylic acids is 1. The summed E-state index contributed by atoms with van der Waals surface area (Å²) in [6, 6.07) is 10.9. The number of aromatic nitrogens is 2. The number of nitrogens with one attached hydrogen (secondary N) is 2. The van der Waals surface area contributed by atoms with E-state index in [0.717, 1.165) is 62.9 Å². The molecule has 5 rings (SSSR count). The maximum atomic E-state index is 13.4. The Morgan fingerprint density at radius 3 is 2.65 bits per heavy atom. The van der Waals surface area contributed by atoms with Crippen molar-refractivity contribution in [2.75, 3.05) is 45.2 Å². The molecule has 10 heteroatoms. The van der Waals surface area contributed by atoms with E-state index in [2.05, 4.69) is 32.4 Å². The molecule has 212 valence electrons. The molecule has 2 aliphatic rings. The Bertz CT molecular complexity index is 1380. The van der Waals surface area contributed by atoms with Gasteiger partial charge in [0.2, 0.25) is 0 Å². The summed E-state index contributed by atoms with van der Waals surface area (Å²) in [6.45, 7) is 2.37. The molecule has 2 fully saturated rings. The Kier molecular flexibility index (Phi) is 8.62. The molecule has 0 radical (unpaired) electrons. The number of anilines is 1. The second-order valence-electron chi connectivity index (χ2n) is 10.7. The monoisotopic (exact) mass is 553 g/mol. The Morgan fingerprint density at radius 2 is 1.95 bits per heavy atom. The average molecular weight is 554 g/mol. The third-order valence-electron chi connectivity index (χ3n) is 7.48. The number of pyridine rings is 1. The lowest BCUT2D eigenvalue weighted by atomic mass is 9.92. The predicted molar refractivity (Wildman–Crippen MR) is 148 cm³/mol. The van der Waals surface area contributed by atoms with E-state index >= 15 is 0 Å². The van der Waals surface area contributed by atoms with Gasteiger partial charge in [-0.05, 0) is 80.5 Å². The first-order valence-electron chi connectivity index (χ1n) is 13.7. The summed E-state index contributed by atoms with van der Waals surface area (Å²) in [5.74, 6) is 6.26. The van der Waals surface area contributed by atoms with Gasteiger partial charge in [0.1, 0.15) is 12.2 Å². The van der Waals surface area contributed by atoms with Gasteiger partial charge >= 0.3 is 6.18 Å². The molecule has 40 heavy (non-hydrogen) atoms. The van der Waals surface area contributed by atoms with E-state index in [9.17, 15) is 18.0 Å². The Labute approximate surface area is 232 Å². The first-order valence-corrected chi connectivity index (χ1v) is 13.7. The van der Waals surface area contributed by atoms with Gasteiger partial charge in [-0.25, -0.2) is 4.98 Å². The number of aryl methyl sites for hydroxylation is 1. The first kappa shape index (κ1) is 28.0. The Morgan fingerprint density at radius 1 is 1.15 bits per heavy atom. The van der Waals surface area contributed by atoms with Gasteiger partial charge in [0, 0.05) is 37.2 Å². The van der Waals surface area contributed by atoms with Crippen LogP contribution in [0.4, 0.5) is 18.9 Å². The highest BCUT2D eigenvalue weighted by Crippen LogP contribution is 2.28. The number of alkyl halides is 3. The SMILES string of the molecule is CN1CC(NC(=O)c2ccc(NCC#Cc3cc4cc(CCC5CCOCC5)ccc4n3CC(F)(F)F)cn2)C1. The van der Waals surface area contributed by atoms with Crippen LogP contribution in [0.5, 0.6) is 0 Å². The minimum atomic E-state index is -4.36. The molecule has 4 heterocycles. The fourth-order valence-corrected chi connectivity index (χ4v) is 5.30. The van der Waals surface area contributed by atoms with Crippen LogP contribution >= 0.6 is 0 Å². The summed E-state index contributed by atoms with van der Waals surface area (Å²) in [5, 5.41) is 6.79. The maximum absolute atomic E-state index is 13.4. The number of rotatable bonds is 8. The molecule has 2 aromatic heterocycles. The van der Waals surface area contributed by atoms with Crippen LogP contribution in [-0.4, -0.2) is 72.5 Å². The zero-order valence-corrected chi connectivity index (χ0v) is 22.6. The van der Waals surface area contributed by atoms with Crippen molar-refractivity contribution in [1.82, 2.24) is 19.8 Å². The Hall–Kier alpha value is -3.55. The number of halogens is 3. The summed E-state index contributed by atoms with van der Waals surface area (Å²) in [6.07, 6.45) is 1.25. The highest BCUT2D eigenvalue weighted by molar-refractivity contribution is 5.92. The number of carbonyl (C=O) groups is 1.